The first-order chi connectivity index (χ1) is 23.4. The number of hydrogen-bond acceptors (Lipinski definition) is 10. The smallest absolute Gasteiger partial charge is 0.331 e. The number of benzene rings is 1. The number of allylic oxidation sites excluding steroid dienone is 3. The summed E-state index contributed by atoms with van der Waals surface area (Å²) in [7, 11) is 0. The van der Waals surface area contributed by atoms with E-state index < -0.39 is 88.9 Å². The van der Waals surface area contributed by atoms with Gasteiger partial charge in [-0.15, -0.1) is 0 Å². The van der Waals surface area contributed by atoms with Crippen LogP contribution in [0.3, 0.4) is 0 Å². The molecule has 10 heteroatoms. The average Bonchev–Trinajstić information content (AvgIpc) is 3.71. The standard InChI is InChI=1S/C39H46O10/c1-6-7-8-9-10-11-15-20-36-47-33-29-32-35(22-40,46-32)34(43)37(44)27(21-24(4)30(37)42)39(29,49-36)25(5)31(38(33,48-36)23(2)3)45-28(41)19-18-26-16-13-12-14-17-26/h10-21,25,27,29,31-34,40,43-44H,2,6-9,22H2,1,3-5H3/b11-10+,19-18+,20-15+/t25-,27-,29+,31-,32+,33-,34-,35+,36-,37-,38+,39+/m1/s1. The van der Waals surface area contributed by atoms with Gasteiger partial charge in [0.15, 0.2) is 17.0 Å². The van der Waals surface area contributed by atoms with Crippen molar-refractivity contribution in [1.82, 2.24) is 0 Å². The minimum Gasteiger partial charge on any atom is -0.455 e. The van der Waals surface area contributed by atoms with Crippen molar-refractivity contribution in [2.45, 2.75) is 106 Å². The fraction of sp³-hybridized carbons (Fsp3) is 0.538. The van der Waals surface area contributed by atoms with Crippen molar-refractivity contribution >= 4 is 17.8 Å². The Morgan fingerprint density at radius 3 is 2.55 bits per heavy atom. The van der Waals surface area contributed by atoms with Gasteiger partial charge in [-0.25, -0.2) is 4.79 Å². The number of carbonyl (C=O) groups excluding carboxylic acids is 2. The Morgan fingerprint density at radius 1 is 1.10 bits per heavy atom. The highest BCUT2D eigenvalue weighted by atomic mass is 16.9. The quantitative estimate of drug-likeness (QED) is 0.0784. The molecule has 3 aliphatic heterocycles. The second-order valence-corrected chi connectivity index (χ2v) is 14.5. The predicted molar refractivity (Wildman–Crippen MR) is 178 cm³/mol. The molecule has 0 amide bonds. The molecule has 5 fully saturated rings. The topological polar surface area (TPSA) is 144 Å². The number of unbranched alkanes of at least 4 members (excludes halogenated alkanes) is 3. The molecule has 3 heterocycles. The predicted octanol–water partition coefficient (Wildman–Crippen LogP) is 4.10. The summed E-state index contributed by atoms with van der Waals surface area (Å²) in [5.74, 6) is -5.89. The minimum atomic E-state index is -2.42. The number of epoxide rings is 1. The molecule has 1 aromatic rings. The number of hydrogen-bond donors (Lipinski definition) is 3. The Balaban J connectivity index is 1.37. The fourth-order valence-corrected chi connectivity index (χ4v) is 9.38. The zero-order chi connectivity index (χ0) is 35.0. The van der Waals surface area contributed by atoms with E-state index in [0.29, 0.717) is 5.57 Å². The summed E-state index contributed by atoms with van der Waals surface area (Å²) >= 11 is 0. The van der Waals surface area contributed by atoms with E-state index in [-0.39, 0.29) is 5.57 Å². The van der Waals surface area contributed by atoms with Crippen molar-refractivity contribution in [3.05, 3.63) is 90.1 Å². The second kappa shape index (κ2) is 11.9. The van der Waals surface area contributed by atoms with Gasteiger partial charge in [0.1, 0.15) is 30.0 Å². The number of Topliss-reactive ketones (excluding diaryl/α,β-unsaturated/α-hetero) is 1. The first kappa shape index (κ1) is 34.2. The zero-order valence-electron chi connectivity index (χ0n) is 28.4. The van der Waals surface area contributed by atoms with E-state index in [9.17, 15) is 24.9 Å². The zero-order valence-corrected chi connectivity index (χ0v) is 28.4. The van der Waals surface area contributed by atoms with E-state index in [0.717, 1.165) is 31.2 Å². The molecule has 12 atom stereocenters. The van der Waals surface area contributed by atoms with Gasteiger partial charge in [0, 0.05) is 29.9 Å². The lowest BCUT2D eigenvalue weighted by Gasteiger charge is -2.61. The number of ether oxygens (including phenoxy) is 5. The van der Waals surface area contributed by atoms with E-state index in [2.05, 4.69) is 13.5 Å². The molecule has 2 saturated carbocycles. The maximum atomic E-state index is 13.9. The lowest BCUT2D eigenvalue weighted by Crippen LogP contribution is -2.76. The van der Waals surface area contributed by atoms with Gasteiger partial charge in [-0.3, -0.25) is 4.79 Å². The molecule has 0 radical (unpaired) electrons. The molecular formula is C39H46O10. The van der Waals surface area contributed by atoms with Crippen LogP contribution < -0.4 is 0 Å². The highest BCUT2D eigenvalue weighted by Crippen LogP contribution is 2.73. The van der Waals surface area contributed by atoms with E-state index >= 15 is 0 Å². The SMILES string of the molecule is C=C(C)[C@@]12O[C@@]3(/C=C/C=C/CCCCC)O[C@@H]1[C@@H]1[C@@H]4O[C@]4(CO)[C@@H](O)[C@]4(O)C(=O)C(C)=C[C@H]4[C@@]1(O3)[C@H](C)[C@H]2OC(=O)/C=C/c1ccccc1. The van der Waals surface area contributed by atoms with Crippen molar-refractivity contribution in [2.24, 2.45) is 17.8 Å². The van der Waals surface area contributed by atoms with Crippen molar-refractivity contribution in [3.63, 3.8) is 0 Å². The summed E-state index contributed by atoms with van der Waals surface area (Å²) in [6.07, 6.45) is 11.5. The van der Waals surface area contributed by atoms with E-state index in [1.807, 2.05) is 49.4 Å². The number of esters is 1. The van der Waals surface area contributed by atoms with Crippen LogP contribution in [0.1, 0.15) is 58.9 Å². The van der Waals surface area contributed by atoms with Gasteiger partial charge in [0.2, 0.25) is 0 Å². The highest BCUT2D eigenvalue weighted by molar-refractivity contribution is 6.05. The third kappa shape index (κ3) is 4.65. The van der Waals surface area contributed by atoms with Crippen LogP contribution in [-0.2, 0) is 33.3 Å². The first-order valence-corrected chi connectivity index (χ1v) is 17.3. The fourth-order valence-electron chi connectivity index (χ4n) is 9.38. The molecule has 49 heavy (non-hydrogen) atoms. The summed E-state index contributed by atoms with van der Waals surface area (Å²) in [4.78, 5) is 27.5. The maximum Gasteiger partial charge on any atom is 0.331 e. The van der Waals surface area contributed by atoms with E-state index in [1.165, 1.54) is 6.08 Å². The van der Waals surface area contributed by atoms with Crippen LogP contribution in [-0.4, -0.2) is 86.5 Å². The minimum absolute atomic E-state index is 0.234. The summed E-state index contributed by atoms with van der Waals surface area (Å²) in [5.41, 5.74) is -5.57. The monoisotopic (exact) mass is 674 g/mol. The lowest BCUT2D eigenvalue weighted by atomic mass is 9.53. The maximum absolute atomic E-state index is 13.9. The number of carbonyl (C=O) groups is 2. The van der Waals surface area contributed by atoms with Gasteiger partial charge < -0.3 is 39.0 Å². The largest absolute Gasteiger partial charge is 0.455 e. The highest BCUT2D eigenvalue weighted by Gasteiger charge is 2.90. The van der Waals surface area contributed by atoms with Crippen LogP contribution in [0.15, 0.2) is 84.5 Å². The number of aliphatic hydroxyl groups is 3. The summed E-state index contributed by atoms with van der Waals surface area (Å²) < 4.78 is 33.2. The average molecular weight is 675 g/mol. The molecule has 262 valence electrons. The Hall–Kier alpha value is -3.22. The van der Waals surface area contributed by atoms with Crippen molar-refractivity contribution in [3.8, 4) is 0 Å². The molecule has 3 N–H and O–H groups in total. The molecular weight excluding hydrogens is 628 g/mol. The van der Waals surface area contributed by atoms with Crippen molar-refractivity contribution < 1.29 is 48.6 Å². The van der Waals surface area contributed by atoms with Gasteiger partial charge in [-0.1, -0.05) is 87.9 Å². The van der Waals surface area contributed by atoms with Crippen LogP contribution in [0.5, 0.6) is 0 Å². The van der Waals surface area contributed by atoms with Gasteiger partial charge >= 0.3 is 11.9 Å². The van der Waals surface area contributed by atoms with Gasteiger partial charge in [-0.2, -0.15) is 0 Å². The van der Waals surface area contributed by atoms with Crippen molar-refractivity contribution in [2.75, 3.05) is 6.61 Å². The van der Waals surface area contributed by atoms with Crippen LogP contribution in [0.25, 0.3) is 6.08 Å². The molecule has 7 rings (SSSR count). The Labute approximate surface area is 286 Å². The Kier molecular flexibility index (Phi) is 8.34. The van der Waals surface area contributed by atoms with Gasteiger partial charge in [0.25, 0.3) is 0 Å². The molecule has 3 saturated heterocycles. The van der Waals surface area contributed by atoms with Crippen LogP contribution in [0.2, 0.25) is 0 Å². The number of fused-ring (bicyclic) bond motifs is 3. The summed E-state index contributed by atoms with van der Waals surface area (Å²) in [6, 6.07) is 9.33. The van der Waals surface area contributed by atoms with Crippen LogP contribution in [0, 0.1) is 17.8 Å². The molecule has 3 aliphatic carbocycles. The lowest BCUT2D eigenvalue weighted by molar-refractivity contribution is -0.407. The Bertz CT molecular complexity index is 1650. The molecule has 0 unspecified atom stereocenters. The number of ketones is 1. The third-order valence-electron chi connectivity index (χ3n) is 11.7. The molecule has 0 aromatic heterocycles. The molecule has 3 bridgehead atoms. The normalized spacial score (nSPS) is 44.6. The molecule has 6 aliphatic rings. The molecule has 10 nitrogen and oxygen atoms in total. The summed E-state index contributed by atoms with van der Waals surface area (Å²) in [6.45, 7) is 11.0. The van der Waals surface area contributed by atoms with E-state index in [4.69, 9.17) is 23.7 Å². The van der Waals surface area contributed by atoms with Crippen molar-refractivity contribution in [1.29, 1.82) is 0 Å². The second-order valence-electron chi connectivity index (χ2n) is 14.5. The molecule has 0 spiro atoms. The molecule has 1 aromatic carbocycles. The van der Waals surface area contributed by atoms with Crippen LogP contribution in [0.4, 0.5) is 0 Å². The van der Waals surface area contributed by atoms with E-state index in [1.54, 1.807) is 38.2 Å². The summed E-state index contributed by atoms with van der Waals surface area (Å²) in [5, 5.41) is 35.0. The number of rotatable bonds is 11. The van der Waals surface area contributed by atoms with Crippen LogP contribution >= 0.6 is 0 Å². The van der Waals surface area contributed by atoms with Gasteiger partial charge in [-0.05, 0) is 49.5 Å². The third-order valence-corrected chi connectivity index (χ3v) is 11.7. The first-order valence-electron chi connectivity index (χ1n) is 17.3. The Morgan fingerprint density at radius 2 is 1.86 bits per heavy atom. The number of aliphatic hydroxyl groups excluding tert-OH is 2. The van der Waals surface area contributed by atoms with Gasteiger partial charge in [0.05, 0.1) is 12.2 Å².